The van der Waals surface area contributed by atoms with Crippen LogP contribution in [0.4, 0.5) is 0 Å². The Bertz CT molecular complexity index is 569. The van der Waals surface area contributed by atoms with Gasteiger partial charge in [-0.15, -0.1) is 0 Å². The summed E-state index contributed by atoms with van der Waals surface area (Å²) in [6.45, 7) is 1.73. The third-order valence-electron chi connectivity index (χ3n) is 4.27. The molecule has 2 aliphatic carbocycles. The number of nitrogens with one attached hydrogen (secondary N) is 2. The summed E-state index contributed by atoms with van der Waals surface area (Å²) in [5.41, 5.74) is -0.954. The standard InChI is InChI=1S/C13H20N4O7/c1-13(6-24-2,15-12(19)8-4-10(8)17(22)23)5-14-11(18)7-3-9(7)16(20)21/h7-10H,3-6H2,1-2H3,(H,14,18)(H,15,19)/t7-,8+,9+,10+,13+/m1/s1. The number of hydrogen-bond donors (Lipinski definition) is 2. The van der Waals surface area contributed by atoms with Gasteiger partial charge in [-0.2, -0.15) is 0 Å². The van der Waals surface area contributed by atoms with Crippen molar-refractivity contribution in [3.05, 3.63) is 20.2 Å². The highest BCUT2D eigenvalue weighted by Crippen LogP contribution is 2.34. The molecule has 2 fully saturated rings. The van der Waals surface area contributed by atoms with E-state index in [1.165, 1.54) is 7.11 Å². The molecule has 0 unspecified atom stereocenters. The number of rotatable bonds is 9. The highest BCUT2D eigenvalue weighted by atomic mass is 16.6. The van der Waals surface area contributed by atoms with Gasteiger partial charge >= 0.3 is 0 Å². The van der Waals surface area contributed by atoms with Gasteiger partial charge in [-0.3, -0.25) is 29.8 Å². The predicted octanol–water partition coefficient (Wildman–Crippen LogP) is -1.05. The molecule has 0 aliphatic heterocycles. The molecule has 5 atom stereocenters. The molecular weight excluding hydrogens is 324 g/mol. The predicted molar refractivity (Wildman–Crippen MR) is 79.2 cm³/mol. The van der Waals surface area contributed by atoms with E-state index >= 15 is 0 Å². The first-order valence-corrected chi connectivity index (χ1v) is 7.54. The molecule has 0 aromatic carbocycles. The Hall–Kier alpha value is -2.30. The first-order chi connectivity index (χ1) is 11.2. The number of nitrogens with zero attached hydrogens (tertiary/aromatic N) is 2. The van der Waals surface area contributed by atoms with Crippen LogP contribution >= 0.6 is 0 Å². The molecule has 0 aromatic heterocycles. The fourth-order valence-electron chi connectivity index (χ4n) is 2.65. The summed E-state index contributed by atoms with van der Waals surface area (Å²) < 4.78 is 5.04. The minimum absolute atomic E-state index is 0.0161. The van der Waals surface area contributed by atoms with Crippen LogP contribution in [-0.4, -0.2) is 59.5 Å². The van der Waals surface area contributed by atoms with Crippen LogP contribution in [0, 0.1) is 32.1 Å². The van der Waals surface area contributed by atoms with Crippen molar-refractivity contribution < 1.29 is 24.2 Å². The van der Waals surface area contributed by atoms with Crippen molar-refractivity contribution in [1.82, 2.24) is 10.6 Å². The molecule has 2 rings (SSSR count). The third-order valence-corrected chi connectivity index (χ3v) is 4.27. The minimum atomic E-state index is -0.954. The molecule has 0 bridgehead atoms. The van der Waals surface area contributed by atoms with E-state index in [2.05, 4.69) is 10.6 Å². The van der Waals surface area contributed by atoms with Crippen LogP contribution < -0.4 is 10.6 Å². The van der Waals surface area contributed by atoms with E-state index in [1.54, 1.807) is 6.92 Å². The maximum Gasteiger partial charge on any atom is 0.230 e. The molecule has 0 spiro atoms. The van der Waals surface area contributed by atoms with Crippen LogP contribution in [0.15, 0.2) is 0 Å². The van der Waals surface area contributed by atoms with Crippen LogP contribution in [-0.2, 0) is 14.3 Å². The molecule has 0 heterocycles. The molecule has 134 valence electrons. The van der Waals surface area contributed by atoms with Crippen molar-refractivity contribution in [2.75, 3.05) is 20.3 Å². The summed E-state index contributed by atoms with van der Waals surface area (Å²) in [5, 5.41) is 26.5. The number of methoxy groups -OCH3 is 1. The molecule has 11 heteroatoms. The maximum absolute atomic E-state index is 12.1. The molecule has 2 N–H and O–H groups in total. The largest absolute Gasteiger partial charge is 0.382 e. The van der Waals surface area contributed by atoms with Crippen molar-refractivity contribution in [3.63, 3.8) is 0 Å². The molecule has 11 nitrogen and oxygen atoms in total. The third kappa shape index (κ3) is 4.16. The second kappa shape index (κ2) is 6.67. The first-order valence-electron chi connectivity index (χ1n) is 7.54. The highest BCUT2D eigenvalue weighted by molar-refractivity contribution is 5.83. The van der Waals surface area contributed by atoms with Gasteiger partial charge in [0.25, 0.3) is 0 Å². The lowest BCUT2D eigenvalue weighted by Gasteiger charge is -2.30. The Balaban J connectivity index is 1.86. The summed E-state index contributed by atoms with van der Waals surface area (Å²) in [6.07, 6.45) is 0.402. The topological polar surface area (TPSA) is 154 Å². The molecule has 0 radical (unpaired) electrons. The number of nitro groups is 2. The summed E-state index contributed by atoms with van der Waals surface area (Å²) in [7, 11) is 1.42. The molecule has 0 saturated heterocycles. The van der Waals surface area contributed by atoms with Gasteiger partial charge in [-0.05, 0) is 6.92 Å². The SMILES string of the molecule is COC[C@](C)(CNC(=O)[C@@H]1C[C@@H]1[N+](=O)[O-])NC(=O)[C@H]1C[C@@H]1[N+](=O)[O-]. The average molecular weight is 344 g/mol. The molecular formula is C13H20N4O7. The first kappa shape index (κ1) is 18.0. The van der Waals surface area contributed by atoms with Crippen LogP contribution in [0.1, 0.15) is 19.8 Å². The average Bonchev–Trinajstić information content (AvgIpc) is 3.37. The van der Waals surface area contributed by atoms with E-state index < -0.39 is 51.1 Å². The zero-order valence-electron chi connectivity index (χ0n) is 13.4. The Morgan fingerprint density at radius 2 is 1.62 bits per heavy atom. The van der Waals surface area contributed by atoms with E-state index in [1.807, 2.05) is 0 Å². The number of carbonyl (C=O) groups is 2. The highest BCUT2D eigenvalue weighted by Gasteiger charge is 2.55. The van der Waals surface area contributed by atoms with Crippen molar-refractivity contribution in [2.24, 2.45) is 11.8 Å². The van der Waals surface area contributed by atoms with Crippen molar-refractivity contribution in [1.29, 1.82) is 0 Å². The Morgan fingerprint density at radius 3 is 2.04 bits per heavy atom. The van der Waals surface area contributed by atoms with Crippen molar-refractivity contribution in [3.8, 4) is 0 Å². The molecule has 2 aliphatic rings. The van der Waals surface area contributed by atoms with E-state index in [9.17, 15) is 29.8 Å². The van der Waals surface area contributed by atoms with E-state index in [-0.39, 0.29) is 26.0 Å². The van der Waals surface area contributed by atoms with Crippen LogP contribution in [0.2, 0.25) is 0 Å². The fourth-order valence-corrected chi connectivity index (χ4v) is 2.65. The molecule has 2 amide bonds. The summed E-state index contributed by atoms with van der Waals surface area (Å²) in [6, 6.07) is -1.71. The van der Waals surface area contributed by atoms with E-state index in [0.717, 1.165) is 0 Å². The van der Waals surface area contributed by atoms with Gasteiger partial charge in [0, 0.05) is 36.3 Å². The smallest absolute Gasteiger partial charge is 0.230 e. The normalized spacial score (nSPS) is 29.9. The van der Waals surface area contributed by atoms with Crippen LogP contribution in [0.25, 0.3) is 0 Å². The lowest BCUT2D eigenvalue weighted by molar-refractivity contribution is -0.497. The zero-order chi connectivity index (χ0) is 18.1. The summed E-state index contributed by atoms with van der Waals surface area (Å²) in [4.78, 5) is 44.2. The maximum atomic E-state index is 12.1. The Kier molecular flexibility index (Phi) is 5.02. The molecule has 24 heavy (non-hydrogen) atoms. The molecule has 0 aromatic rings. The number of amides is 2. The van der Waals surface area contributed by atoms with E-state index in [4.69, 9.17) is 4.74 Å². The zero-order valence-corrected chi connectivity index (χ0v) is 13.4. The second-order valence-corrected chi connectivity index (χ2v) is 6.59. The van der Waals surface area contributed by atoms with Gasteiger partial charge < -0.3 is 15.4 Å². The van der Waals surface area contributed by atoms with Gasteiger partial charge in [0.05, 0.1) is 12.1 Å². The van der Waals surface area contributed by atoms with Gasteiger partial charge in [0.2, 0.25) is 23.9 Å². The second-order valence-electron chi connectivity index (χ2n) is 6.59. The number of hydrogen-bond acceptors (Lipinski definition) is 7. The van der Waals surface area contributed by atoms with Gasteiger partial charge in [0.1, 0.15) is 11.8 Å². The lowest BCUT2D eigenvalue weighted by atomic mass is 10.0. The number of carbonyl (C=O) groups excluding carboxylic acids is 2. The summed E-state index contributed by atoms with van der Waals surface area (Å²) >= 11 is 0. The monoisotopic (exact) mass is 344 g/mol. The van der Waals surface area contributed by atoms with Gasteiger partial charge in [-0.25, -0.2) is 0 Å². The van der Waals surface area contributed by atoms with Crippen LogP contribution in [0.3, 0.4) is 0 Å². The van der Waals surface area contributed by atoms with Crippen LogP contribution in [0.5, 0.6) is 0 Å². The van der Waals surface area contributed by atoms with Gasteiger partial charge in [0.15, 0.2) is 0 Å². The number of ether oxygens (including phenoxy) is 1. The van der Waals surface area contributed by atoms with E-state index in [0.29, 0.717) is 0 Å². The minimum Gasteiger partial charge on any atom is -0.382 e. The van der Waals surface area contributed by atoms with Crippen molar-refractivity contribution in [2.45, 2.75) is 37.4 Å². The fraction of sp³-hybridized carbons (Fsp3) is 0.846. The quantitative estimate of drug-likeness (QED) is 0.400. The summed E-state index contributed by atoms with van der Waals surface area (Å²) in [5.74, 6) is -2.22. The Labute approximate surface area is 137 Å². The van der Waals surface area contributed by atoms with Crippen molar-refractivity contribution >= 4 is 11.8 Å². The van der Waals surface area contributed by atoms with Gasteiger partial charge in [-0.1, -0.05) is 0 Å². The Morgan fingerprint density at radius 1 is 1.12 bits per heavy atom. The lowest BCUT2D eigenvalue weighted by Crippen LogP contribution is -2.57. The molecule has 2 saturated carbocycles.